The molecule has 0 spiro atoms. The number of aromatic nitrogens is 1. The highest BCUT2D eigenvalue weighted by Gasteiger charge is 2.20. The SMILES string of the molecule is Cc1ccc(CN(C)c2cc(CNC3CC3)ccn2)o1. The maximum absolute atomic E-state index is 5.61. The molecule has 0 aromatic carbocycles. The second-order valence-corrected chi connectivity index (χ2v) is 5.55. The van der Waals surface area contributed by atoms with Gasteiger partial charge in [-0.2, -0.15) is 0 Å². The molecule has 1 saturated carbocycles. The van der Waals surface area contributed by atoms with Crippen LogP contribution in [0.25, 0.3) is 0 Å². The number of rotatable bonds is 6. The molecule has 4 heteroatoms. The summed E-state index contributed by atoms with van der Waals surface area (Å²) in [5.41, 5.74) is 1.28. The molecule has 0 atom stereocenters. The number of pyridine rings is 1. The highest BCUT2D eigenvalue weighted by Crippen LogP contribution is 2.20. The summed E-state index contributed by atoms with van der Waals surface area (Å²) in [6, 6.07) is 8.96. The van der Waals surface area contributed by atoms with Gasteiger partial charge in [0, 0.05) is 25.8 Å². The molecule has 1 aliphatic carbocycles. The van der Waals surface area contributed by atoms with Gasteiger partial charge in [-0.05, 0) is 49.6 Å². The summed E-state index contributed by atoms with van der Waals surface area (Å²) in [4.78, 5) is 6.55. The van der Waals surface area contributed by atoms with Crippen molar-refractivity contribution in [2.45, 2.75) is 38.9 Å². The summed E-state index contributed by atoms with van der Waals surface area (Å²) in [7, 11) is 2.04. The largest absolute Gasteiger partial charge is 0.464 e. The van der Waals surface area contributed by atoms with Crippen LogP contribution in [0.4, 0.5) is 5.82 Å². The van der Waals surface area contributed by atoms with Crippen LogP contribution >= 0.6 is 0 Å². The molecule has 1 aliphatic rings. The predicted molar refractivity (Wildman–Crippen MR) is 79.7 cm³/mol. The minimum Gasteiger partial charge on any atom is -0.464 e. The topological polar surface area (TPSA) is 41.3 Å². The van der Waals surface area contributed by atoms with Gasteiger partial charge in [-0.3, -0.25) is 0 Å². The van der Waals surface area contributed by atoms with Crippen molar-refractivity contribution in [3.05, 3.63) is 47.5 Å². The third kappa shape index (κ3) is 3.39. The summed E-state index contributed by atoms with van der Waals surface area (Å²) in [5, 5.41) is 3.53. The van der Waals surface area contributed by atoms with Gasteiger partial charge in [-0.15, -0.1) is 0 Å². The number of furan rings is 1. The molecule has 2 aromatic heterocycles. The lowest BCUT2D eigenvalue weighted by Gasteiger charge is -2.17. The third-order valence-electron chi connectivity index (χ3n) is 3.56. The molecular formula is C16H21N3O. The first-order valence-electron chi connectivity index (χ1n) is 7.15. The Kier molecular flexibility index (Phi) is 3.74. The molecule has 0 saturated heterocycles. The Labute approximate surface area is 119 Å². The molecular weight excluding hydrogens is 250 g/mol. The Morgan fingerprint density at radius 3 is 2.90 bits per heavy atom. The van der Waals surface area contributed by atoms with E-state index in [2.05, 4.69) is 27.3 Å². The van der Waals surface area contributed by atoms with Gasteiger partial charge in [0.1, 0.15) is 17.3 Å². The fraction of sp³-hybridized carbons (Fsp3) is 0.438. The normalized spacial score (nSPS) is 14.5. The Balaban J connectivity index is 1.63. The lowest BCUT2D eigenvalue weighted by Crippen LogP contribution is -2.19. The van der Waals surface area contributed by atoms with Gasteiger partial charge in [-0.25, -0.2) is 4.98 Å². The molecule has 2 heterocycles. The Morgan fingerprint density at radius 1 is 1.35 bits per heavy atom. The second-order valence-electron chi connectivity index (χ2n) is 5.55. The zero-order valence-corrected chi connectivity index (χ0v) is 12.1. The highest BCUT2D eigenvalue weighted by atomic mass is 16.3. The molecule has 0 amide bonds. The molecule has 20 heavy (non-hydrogen) atoms. The molecule has 106 valence electrons. The van der Waals surface area contributed by atoms with Crippen molar-refractivity contribution in [2.75, 3.05) is 11.9 Å². The fourth-order valence-electron chi connectivity index (χ4n) is 2.21. The van der Waals surface area contributed by atoms with Crippen LogP contribution in [0.1, 0.15) is 29.9 Å². The van der Waals surface area contributed by atoms with Crippen LogP contribution in [0.15, 0.2) is 34.9 Å². The minimum absolute atomic E-state index is 0.732. The van der Waals surface area contributed by atoms with E-state index in [1.807, 2.05) is 32.3 Å². The number of hydrogen-bond donors (Lipinski definition) is 1. The number of nitrogens with one attached hydrogen (secondary N) is 1. The van der Waals surface area contributed by atoms with Gasteiger partial charge >= 0.3 is 0 Å². The molecule has 1 N–H and O–H groups in total. The van der Waals surface area contributed by atoms with Crippen molar-refractivity contribution >= 4 is 5.82 Å². The van der Waals surface area contributed by atoms with Crippen LogP contribution in [0.3, 0.4) is 0 Å². The lowest BCUT2D eigenvalue weighted by atomic mass is 10.2. The van der Waals surface area contributed by atoms with E-state index in [0.29, 0.717) is 0 Å². The Morgan fingerprint density at radius 2 is 2.20 bits per heavy atom. The first-order valence-corrected chi connectivity index (χ1v) is 7.15. The standard InChI is InChI=1S/C16H21N3O/c1-12-3-6-15(20-12)11-19(2)16-9-13(7-8-17-16)10-18-14-4-5-14/h3,6-9,14,18H,4-5,10-11H2,1-2H3. The van der Waals surface area contributed by atoms with Crippen LogP contribution in [0, 0.1) is 6.92 Å². The van der Waals surface area contributed by atoms with Gasteiger partial charge in [0.25, 0.3) is 0 Å². The number of anilines is 1. The van der Waals surface area contributed by atoms with Crippen molar-refractivity contribution in [3.63, 3.8) is 0 Å². The molecule has 0 aliphatic heterocycles. The van der Waals surface area contributed by atoms with E-state index >= 15 is 0 Å². The van der Waals surface area contributed by atoms with Crippen LogP contribution in [0.2, 0.25) is 0 Å². The average Bonchev–Trinajstić information content (AvgIpc) is 3.19. The molecule has 1 fully saturated rings. The molecule has 0 radical (unpaired) electrons. The first-order chi connectivity index (χ1) is 9.70. The van der Waals surface area contributed by atoms with Crippen molar-refractivity contribution < 1.29 is 4.42 Å². The zero-order valence-electron chi connectivity index (χ0n) is 12.1. The summed E-state index contributed by atoms with van der Waals surface area (Å²) >= 11 is 0. The van der Waals surface area contributed by atoms with E-state index in [9.17, 15) is 0 Å². The number of hydrogen-bond acceptors (Lipinski definition) is 4. The predicted octanol–water partition coefficient (Wildman–Crippen LogP) is 2.87. The summed E-state index contributed by atoms with van der Waals surface area (Å²) in [6.45, 7) is 3.63. The molecule has 0 unspecified atom stereocenters. The molecule has 4 nitrogen and oxygen atoms in total. The van der Waals surface area contributed by atoms with Gasteiger partial charge < -0.3 is 14.6 Å². The summed E-state index contributed by atoms with van der Waals surface area (Å²) in [6.07, 6.45) is 4.51. The number of nitrogens with zero attached hydrogens (tertiary/aromatic N) is 2. The van der Waals surface area contributed by atoms with E-state index in [1.54, 1.807) is 0 Å². The van der Waals surface area contributed by atoms with Crippen LogP contribution in [-0.2, 0) is 13.1 Å². The quantitative estimate of drug-likeness (QED) is 0.877. The van der Waals surface area contributed by atoms with Gasteiger partial charge in [0.05, 0.1) is 6.54 Å². The van der Waals surface area contributed by atoms with Crippen LogP contribution in [-0.4, -0.2) is 18.1 Å². The second kappa shape index (κ2) is 5.67. The third-order valence-corrected chi connectivity index (χ3v) is 3.56. The molecule has 2 aromatic rings. The maximum Gasteiger partial charge on any atom is 0.128 e. The van der Waals surface area contributed by atoms with Crippen molar-refractivity contribution in [1.82, 2.24) is 10.3 Å². The fourth-order valence-corrected chi connectivity index (χ4v) is 2.21. The molecule has 3 rings (SSSR count). The maximum atomic E-state index is 5.61. The lowest BCUT2D eigenvalue weighted by molar-refractivity contribution is 0.481. The highest BCUT2D eigenvalue weighted by molar-refractivity contribution is 5.40. The zero-order chi connectivity index (χ0) is 13.9. The minimum atomic E-state index is 0.732. The number of aryl methyl sites for hydroxylation is 1. The van der Waals surface area contributed by atoms with E-state index in [-0.39, 0.29) is 0 Å². The van der Waals surface area contributed by atoms with E-state index in [4.69, 9.17) is 4.42 Å². The average molecular weight is 271 g/mol. The smallest absolute Gasteiger partial charge is 0.128 e. The monoisotopic (exact) mass is 271 g/mol. The Hall–Kier alpha value is -1.81. The van der Waals surface area contributed by atoms with E-state index in [1.165, 1.54) is 18.4 Å². The van der Waals surface area contributed by atoms with Crippen molar-refractivity contribution in [1.29, 1.82) is 0 Å². The van der Waals surface area contributed by atoms with Gasteiger partial charge in [0.2, 0.25) is 0 Å². The van der Waals surface area contributed by atoms with Crippen LogP contribution < -0.4 is 10.2 Å². The van der Waals surface area contributed by atoms with Crippen molar-refractivity contribution in [3.8, 4) is 0 Å². The van der Waals surface area contributed by atoms with Gasteiger partial charge in [-0.1, -0.05) is 0 Å². The van der Waals surface area contributed by atoms with Gasteiger partial charge in [0.15, 0.2) is 0 Å². The van der Waals surface area contributed by atoms with E-state index < -0.39 is 0 Å². The van der Waals surface area contributed by atoms with Crippen LogP contribution in [0.5, 0.6) is 0 Å². The molecule has 0 bridgehead atoms. The van der Waals surface area contributed by atoms with Crippen molar-refractivity contribution in [2.24, 2.45) is 0 Å². The first kappa shape index (κ1) is 13.2. The van der Waals surface area contributed by atoms with E-state index in [0.717, 1.165) is 36.5 Å². The summed E-state index contributed by atoms with van der Waals surface area (Å²) in [5.74, 6) is 2.89. The Bertz CT molecular complexity index is 575. The summed E-state index contributed by atoms with van der Waals surface area (Å²) < 4.78 is 5.61.